The first-order chi connectivity index (χ1) is 13.3. The average molecular weight is 396 g/mol. The topological polar surface area (TPSA) is 90.0 Å². The Bertz CT molecular complexity index is 1260. The number of benzene rings is 2. The number of nitrogens with one attached hydrogen (secondary N) is 1. The Morgan fingerprint density at radius 3 is 2.61 bits per heavy atom. The summed E-state index contributed by atoms with van der Waals surface area (Å²) in [7, 11) is -3.76. The van der Waals surface area contributed by atoms with E-state index in [0.717, 1.165) is 22.3 Å². The van der Waals surface area contributed by atoms with Gasteiger partial charge in [0.05, 0.1) is 16.8 Å². The highest BCUT2D eigenvalue weighted by Crippen LogP contribution is 2.28. The number of fused-ring (bicyclic) bond motifs is 1. The van der Waals surface area contributed by atoms with Crippen molar-refractivity contribution in [2.24, 2.45) is 0 Å². The van der Waals surface area contributed by atoms with Gasteiger partial charge in [-0.2, -0.15) is 5.10 Å². The number of hydrogen-bond donors (Lipinski definition) is 1. The first-order valence-corrected chi connectivity index (χ1v) is 10.3. The van der Waals surface area contributed by atoms with E-state index >= 15 is 0 Å². The maximum Gasteiger partial charge on any atom is 0.263 e. The summed E-state index contributed by atoms with van der Waals surface area (Å²) in [5.41, 5.74) is 4.48. The Kier molecular flexibility index (Phi) is 4.43. The Hall–Kier alpha value is -3.13. The minimum atomic E-state index is -3.76. The number of rotatable bonds is 5. The lowest BCUT2D eigenvalue weighted by molar-refractivity contribution is 0.459. The Labute approximate surface area is 163 Å². The third kappa shape index (κ3) is 3.38. The number of aromatic nitrogens is 3. The van der Waals surface area contributed by atoms with Crippen LogP contribution in [0.4, 0.5) is 5.82 Å². The number of hydrogen-bond acceptors (Lipinski definition) is 5. The van der Waals surface area contributed by atoms with E-state index in [4.69, 9.17) is 4.52 Å². The molecular formula is C20H20N4O3S. The smallest absolute Gasteiger partial charge is 0.263 e. The standard InChI is InChI=1S/C20H20N4O3S/c1-13-5-6-17(9-14(13)2)28(25,26)23-20-18-10-15(3)16(11-19(18)27-22-20)12-24-8-4-7-21-24/h4-11H,12H2,1-3H3,(H,22,23). The predicted octanol–water partition coefficient (Wildman–Crippen LogP) is 3.80. The number of nitrogens with zero attached hydrogens (tertiary/aromatic N) is 3. The Morgan fingerprint density at radius 2 is 1.89 bits per heavy atom. The number of anilines is 1. The van der Waals surface area contributed by atoms with Crippen molar-refractivity contribution in [2.75, 3.05) is 4.72 Å². The van der Waals surface area contributed by atoms with Gasteiger partial charge in [-0.3, -0.25) is 9.40 Å². The summed E-state index contributed by atoms with van der Waals surface area (Å²) < 4.78 is 35.3. The number of sulfonamides is 1. The summed E-state index contributed by atoms with van der Waals surface area (Å²) in [6.07, 6.45) is 3.61. The molecule has 7 nitrogen and oxygen atoms in total. The fourth-order valence-electron chi connectivity index (χ4n) is 3.01. The van der Waals surface area contributed by atoms with Crippen LogP contribution >= 0.6 is 0 Å². The van der Waals surface area contributed by atoms with E-state index in [1.165, 1.54) is 0 Å². The van der Waals surface area contributed by atoms with E-state index in [2.05, 4.69) is 15.0 Å². The third-order valence-electron chi connectivity index (χ3n) is 4.84. The van der Waals surface area contributed by atoms with Crippen molar-refractivity contribution in [3.05, 3.63) is 71.0 Å². The summed E-state index contributed by atoms with van der Waals surface area (Å²) in [6.45, 7) is 6.38. The molecule has 0 saturated carbocycles. The molecule has 0 radical (unpaired) electrons. The van der Waals surface area contributed by atoms with Crippen molar-refractivity contribution >= 4 is 26.8 Å². The van der Waals surface area contributed by atoms with Gasteiger partial charge in [-0.25, -0.2) is 8.42 Å². The van der Waals surface area contributed by atoms with Crippen molar-refractivity contribution in [2.45, 2.75) is 32.2 Å². The summed E-state index contributed by atoms with van der Waals surface area (Å²) in [6, 6.07) is 10.6. The number of aryl methyl sites for hydroxylation is 3. The summed E-state index contributed by atoms with van der Waals surface area (Å²) in [4.78, 5) is 0.193. The van der Waals surface area contributed by atoms with Gasteiger partial charge in [0.2, 0.25) is 0 Å². The van der Waals surface area contributed by atoms with Gasteiger partial charge in [-0.1, -0.05) is 11.2 Å². The van der Waals surface area contributed by atoms with Crippen molar-refractivity contribution in [1.29, 1.82) is 0 Å². The van der Waals surface area contributed by atoms with E-state index in [1.807, 2.05) is 49.8 Å². The second kappa shape index (κ2) is 6.79. The van der Waals surface area contributed by atoms with Gasteiger partial charge in [-0.05, 0) is 73.4 Å². The highest BCUT2D eigenvalue weighted by atomic mass is 32.2. The molecule has 144 valence electrons. The molecule has 0 aliphatic carbocycles. The molecule has 4 rings (SSSR count). The van der Waals surface area contributed by atoms with Gasteiger partial charge in [-0.15, -0.1) is 0 Å². The molecule has 2 heterocycles. The highest BCUT2D eigenvalue weighted by Gasteiger charge is 2.20. The molecule has 1 N–H and O–H groups in total. The lowest BCUT2D eigenvalue weighted by Crippen LogP contribution is -2.13. The van der Waals surface area contributed by atoms with Gasteiger partial charge in [0.1, 0.15) is 0 Å². The largest absolute Gasteiger partial charge is 0.354 e. The molecular weight excluding hydrogens is 376 g/mol. The minimum Gasteiger partial charge on any atom is -0.354 e. The average Bonchev–Trinajstić information content (AvgIpc) is 3.28. The summed E-state index contributed by atoms with van der Waals surface area (Å²) in [5.74, 6) is 0.182. The molecule has 0 spiro atoms. The summed E-state index contributed by atoms with van der Waals surface area (Å²) >= 11 is 0. The Balaban J connectivity index is 1.67. The van der Waals surface area contributed by atoms with E-state index in [9.17, 15) is 8.42 Å². The second-order valence-corrected chi connectivity index (χ2v) is 8.54. The van der Waals surface area contributed by atoms with Crippen LogP contribution in [-0.4, -0.2) is 23.4 Å². The zero-order valence-electron chi connectivity index (χ0n) is 15.8. The Morgan fingerprint density at radius 1 is 1.07 bits per heavy atom. The van der Waals surface area contributed by atoms with E-state index in [1.54, 1.807) is 24.4 Å². The molecule has 8 heteroatoms. The molecule has 0 saturated heterocycles. The first kappa shape index (κ1) is 18.2. The zero-order valence-corrected chi connectivity index (χ0v) is 16.6. The maximum absolute atomic E-state index is 12.8. The van der Waals surface area contributed by atoms with Gasteiger partial charge in [0.25, 0.3) is 10.0 Å². The fraction of sp³-hybridized carbons (Fsp3) is 0.200. The molecule has 4 aromatic rings. The van der Waals surface area contributed by atoms with Crippen LogP contribution in [0.3, 0.4) is 0 Å². The SMILES string of the molecule is Cc1ccc(S(=O)(=O)Nc2noc3cc(Cn4cccn4)c(C)cc23)cc1C. The molecule has 28 heavy (non-hydrogen) atoms. The van der Waals surface area contributed by atoms with Crippen molar-refractivity contribution in [3.63, 3.8) is 0 Å². The van der Waals surface area contributed by atoms with Crippen molar-refractivity contribution in [3.8, 4) is 0 Å². The van der Waals surface area contributed by atoms with Gasteiger partial charge in [0, 0.05) is 12.4 Å². The van der Waals surface area contributed by atoms with Crippen LogP contribution in [0.2, 0.25) is 0 Å². The molecule has 0 atom stereocenters. The van der Waals surface area contributed by atoms with Crippen LogP contribution in [0.1, 0.15) is 22.3 Å². The first-order valence-electron chi connectivity index (χ1n) is 8.80. The molecule has 2 aromatic carbocycles. The zero-order chi connectivity index (χ0) is 19.9. The maximum atomic E-state index is 12.8. The molecule has 0 aliphatic heterocycles. The highest BCUT2D eigenvalue weighted by molar-refractivity contribution is 7.92. The molecule has 0 amide bonds. The fourth-order valence-corrected chi connectivity index (χ4v) is 4.11. The van der Waals surface area contributed by atoms with E-state index in [0.29, 0.717) is 17.5 Å². The van der Waals surface area contributed by atoms with Crippen LogP contribution < -0.4 is 4.72 Å². The molecule has 2 aromatic heterocycles. The van der Waals surface area contributed by atoms with Crippen molar-refractivity contribution in [1.82, 2.24) is 14.9 Å². The molecule has 0 aliphatic rings. The van der Waals surface area contributed by atoms with Crippen LogP contribution in [-0.2, 0) is 16.6 Å². The lowest BCUT2D eigenvalue weighted by atomic mass is 10.1. The van der Waals surface area contributed by atoms with Crippen LogP contribution in [0.5, 0.6) is 0 Å². The van der Waals surface area contributed by atoms with Gasteiger partial charge < -0.3 is 4.52 Å². The molecule has 0 unspecified atom stereocenters. The summed E-state index contributed by atoms with van der Waals surface area (Å²) in [5, 5.41) is 8.77. The normalized spacial score (nSPS) is 11.8. The van der Waals surface area contributed by atoms with Gasteiger partial charge >= 0.3 is 0 Å². The monoisotopic (exact) mass is 396 g/mol. The molecule has 0 fully saturated rings. The van der Waals surface area contributed by atoms with Crippen LogP contribution in [0.15, 0.2) is 58.2 Å². The minimum absolute atomic E-state index is 0.182. The van der Waals surface area contributed by atoms with E-state index in [-0.39, 0.29) is 10.7 Å². The third-order valence-corrected chi connectivity index (χ3v) is 6.18. The van der Waals surface area contributed by atoms with Crippen LogP contribution in [0.25, 0.3) is 11.0 Å². The van der Waals surface area contributed by atoms with Gasteiger partial charge in [0.15, 0.2) is 11.4 Å². The quantitative estimate of drug-likeness (QED) is 0.554. The second-order valence-electron chi connectivity index (χ2n) is 6.86. The predicted molar refractivity (Wildman–Crippen MR) is 107 cm³/mol. The molecule has 0 bridgehead atoms. The lowest BCUT2D eigenvalue weighted by Gasteiger charge is -2.09. The van der Waals surface area contributed by atoms with Crippen LogP contribution in [0, 0.1) is 20.8 Å². The van der Waals surface area contributed by atoms with E-state index < -0.39 is 10.0 Å². The van der Waals surface area contributed by atoms with Crippen molar-refractivity contribution < 1.29 is 12.9 Å².